The third-order valence-electron chi connectivity index (χ3n) is 5.56. The molecule has 4 rings (SSSR count). The number of amides is 2. The lowest BCUT2D eigenvalue weighted by Crippen LogP contribution is -2.42. The maximum atomic E-state index is 12.1. The Hall–Kier alpha value is -2.87. The van der Waals surface area contributed by atoms with Gasteiger partial charge in [0, 0.05) is 18.0 Å². The first-order valence-corrected chi connectivity index (χ1v) is 9.81. The number of benzene rings is 1. The van der Waals surface area contributed by atoms with Crippen LogP contribution < -0.4 is 15.2 Å². The summed E-state index contributed by atoms with van der Waals surface area (Å²) in [6, 6.07) is 5.12. The zero-order chi connectivity index (χ0) is 20.7. The highest BCUT2D eigenvalue weighted by molar-refractivity contribution is 6.01. The average Bonchev–Trinajstić information content (AvgIpc) is 3.19. The van der Waals surface area contributed by atoms with E-state index in [1.165, 1.54) is 12.2 Å². The number of ether oxygens (including phenoxy) is 2. The van der Waals surface area contributed by atoms with Crippen LogP contribution in [0.4, 0.5) is 0 Å². The Morgan fingerprint density at radius 3 is 2.79 bits per heavy atom. The molecule has 1 aliphatic heterocycles. The summed E-state index contributed by atoms with van der Waals surface area (Å²) in [6.45, 7) is 3.76. The van der Waals surface area contributed by atoms with Gasteiger partial charge >= 0.3 is 0 Å². The van der Waals surface area contributed by atoms with Gasteiger partial charge in [-0.2, -0.15) is 0 Å². The molecule has 0 bridgehead atoms. The summed E-state index contributed by atoms with van der Waals surface area (Å²) < 4.78 is 12.1. The van der Waals surface area contributed by atoms with Crippen LogP contribution in [0.15, 0.2) is 24.4 Å². The van der Waals surface area contributed by atoms with E-state index in [1.807, 2.05) is 13.8 Å². The number of hydrogen-bond donors (Lipinski definition) is 1. The molecule has 2 heterocycles. The Morgan fingerprint density at radius 2 is 2.10 bits per heavy atom. The lowest BCUT2D eigenvalue weighted by molar-refractivity contribution is -0.184. The summed E-state index contributed by atoms with van der Waals surface area (Å²) in [5, 5.41) is 2.94. The van der Waals surface area contributed by atoms with Crippen molar-refractivity contribution in [1.29, 1.82) is 0 Å². The van der Waals surface area contributed by atoms with Crippen LogP contribution >= 0.6 is 0 Å². The Morgan fingerprint density at radius 1 is 1.31 bits per heavy atom. The standard InChI is InChI=1S/C21H25N3O5/c1-11(2)28-17-10-14-12(8-15(17)20(22)26)6-7-23-21(14)29-16-5-4-13-9-18(25)24(27-3)19(13)16/h6-8,10-11,13,16,19H,4-5,9H2,1-3H3,(H2,22,26)/t13-,16+,19+/m0/s1. The molecule has 1 aromatic heterocycles. The SMILES string of the molecule is CON1C(=O)C[C@@H]2CC[C@@H](Oc3nccc4cc(C(N)=O)c(OC(C)C)cc34)[C@@H]21. The van der Waals surface area contributed by atoms with Gasteiger partial charge in [0.1, 0.15) is 11.9 Å². The minimum absolute atomic E-state index is 0.0135. The fourth-order valence-electron chi connectivity index (χ4n) is 4.38. The summed E-state index contributed by atoms with van der Waals surface area (Å²) in [5.41, 5.74) is 5.85. The van der Waals surface area contributed by atoms with Gasteiger partial charge in [0.25, 0.3) is 5.91 Å². The van der Waals surface area contributed by atoms with E-state index < -0.39 is 5.91 Å². The summed E-state index contributed by atoms with van der Waals surface area (Å²) in [7, 11) is 1.51. The Bertz CT molecular complexity index is 961. The highest BCUT2D eigenvalue weighted by atomic mass is 16.7. The summed E-state index contributed by atoms with van der Waals surface area (Å²) in [4.78, 5) is 33.7. The van der Waals surface area contributed by atoms with Crippen molar-refractivity contribution in [3.05, 3.63) is 30.0 Å². The molecule has 2 fully saturated rings. The van der Waals surface area contributed by atoms with Crippen LogP contribution in [-0.2, 0) is 9.63 Å². The van der Waals surface area contributed by atoms with Crippen LogP contribution in [0.2, 0.25) is 0 Å². The number of pyridine rings is 1. The van der Waals surface area contributed by atoms with Gasteiger partial charge in [0.15, 0.2) is 0 Å². The number of carbonyl (C=O) groups is 2. The number of primary amides is 1. The lowest BCUT2D eigenvalue weighted by atomic mass is 10.0. The van der Waals surface area contributed by atoms with E-state index in [4.69, 9.17) is 20.0 Å². The van der Waals surface area contributed by atoms with Crippen molar-refractivity contribution in [1.82, 2.24) is 10.0 Å². The van der Waals surface area contributed by atoms with Crippen LogP contribution in [0.1, 0.15) is 43.5 Å². The Balaban J connectivity index is 1.71. The molecule has 0 unspecified atom stereocenters. The van der Waals surface area contributed by atoms with Gasteiger partial charge in [-0.1, -0.05) is 0 Å². The number of hydroxylamine groups is 2. The number of nitrogens with zero attached hydrogens (tertiary/aromatic N) is 2. The van der Waals surface area contributed by atoms with Gasteiger partial charge in [-0.15, -0.1) is 0 Å². The van der Waals surface area contributed by atoms with E-state index >= 15 is 0 Å². The van der Waals surface area contributed by atoms with Crippen LogP contribution in [0, 0.1) is 5.92 Å². The predicted octanol–water partition coefficient (Wildman–Crippen LogP) is 2.44. The Kier molecular flexibility index (Phi) is 5.04. The molecule has 1 saturated heterocycles. The molecular formula is C21H25N3O5. The fraction of sp³-hybridized carbons (Fsp3) is 0.476. The van der Waals surface area contributed by atoms with Crippen LogP contribution in [0.25, 0.3) is 10.8 Å². The summed E-state index contributed by atoms with van der Waals surface area (Å²) in [5.74, 6) is 0.495. The molecule has 3 atom stereocenters. The number of rotatable bonds is 6. The highest BCUT2D eigenvalue weighted by Crippen LogP contribution is 2.41. The van der Waals surface area contributed by atoms with Crippen molar-refractivity contribution in [2.45, 2.75) is 51.4 Å². The molecule has 1 aliphatic carbocycles. The molecule has 2 aliphatic rings. The quantitative estimate of drug-likeness (QED) is 0.800. The number of aromatic nitrogens is 1. The molecule has 1 aromatic carbocycles. The first kappa shape index (κ1) is 19.4. The number of carbonyl (C=O) groups excluding carboxylic acids is 2. The first-order valence-electron chi connectivity index (χ1n) is 9.81. The van der Waals surface area contributed by atoms with E-state index in [1.54, 1.807) is 24.4 Å². The van der Waals surface area contributed by atoms with E-state index in [-0.39, 0.29) is 30.1 Å². The van der Waals surface area contributed by atoms with Crippen molar-refractivity contribution >= 4 is 22.6 Å². The zero-order valence-electron chi connectivity index (χ0n) is 16.8. The van der Waals surface area contributed by atoms with Gasteiger partial charge < -0.3 is 15.2 Å². The van der Waals surface area contributed by atoms with Gasteiger partial charge in [-0.05, 0) is 56.2 Å². The smallest absolute Gasteiger partial charge is 0.252 e. The monoisotopic (exact) mass is 399 g/mol. The minimum atomic E-state index is -0.555. The lowest BCUT2D eigenvalue weighted by Gasteiger charge is -2.27. The Labute approximate surface area is 168 Å². The largest absolute Gasteiger partial charge is 0.490 e. The zero-order valence-corrected chi connectivity index (χ0v) is 16.8. The number of hydrogen-bond acceptors (Lipinski definition) is 6. The molecule has 29 heavy (non-hydrogen) atoms. The topological polar surface area (TPSA) is 104 Å². The molecule has 2 amide bonds. The minimum Gasteiger partial charge on any atom is -0.490 e. The third kappa shape index (κ3) is 3.48. The molecule has 2 N–H and O–H groups in total. The van der Waals surface area contributed by atoms with Gasteiger partial charge in [0.05, 0.1) is 24.8 Å². The second-order valence-corrected chi connectivity index (χ2v) is 7.81. The number of nitrogens with two attached hydrogens (primary N) is 1. The van der Waals surface area contributed by atoms with Crippen LogP contribution in [-0.4, -0.2) is 47.2 Å². The van der Waals surface area contributed by atoms with Gasteiger partial charge in [-0.25, -0.2) is 10.0 Å². The van der Waals surface area contributed by atoms with E-state index in [9.17, 15) is 9.59 Å². The van der Waals surface area contributed by atoms with Gasteiger partial charge in [0.2, 0.25) is 11.8 Å². The normalized spacial score (nSPS) is 23.7. The second-order valence-electron chi connectivity index (χ2n) is 7.81. The molecule has 154 valence electrons. The molecule has 0 spiro atoms. The van der Waals surface area contributed by atoms with Crippen molar-refractivity contribution in [2.24, 2.45) is 11.7 Å². The van der Waals surface area contributed by atoms with Crippen LogP contribution in [0.3, 0.4) is 0 Å². The highest BCUT2D eigenvalue weighted by Gasteiger charge is 2.50. The van der Waals surface area contributed by atoms with Crippen molar-refractivity contribution in [3.63, 3.8) is 0 Å². The summed E-state index contributed by atoms with van der Waals surface area (Å²) >= 11 is 0. The third-order valence-corrected chi connectivity index (χ3v) is 5.56. The van der Waals surface area contributed by atoms with Gasteiger partial charge in [-0.3, -0.25) is 14.4 Å². The van der Waals surface area contributed by atoms with E-state index in [0.717, 1.165) is 23.6 Å². The van der Waals surface area contributed by atoms with Crippen molar-refractivity contribution in [2.75, 3.05) is 7.11 Å². The fourth-order valence-corrected chi connectivity index (χ4v) is 4.38. The molecule has 8 nitrogen and oxygen atoms in total. The molecule has 1 saturated carbocycles. The van der Waals surface area contributed by atoms with E-state index in [2.05, 4.69) is 4.98 Å². The molecule has 8 heteroatoms. The van der Waals surface area contributed by atoms with Crippen LogP contribution in [0.5, 0.6) is 11.6 Å². The van der Waals surface area contributed by atoms with Crippen molar-refractivity contribution in [3.8, 4) is 11.6 Å². The first-order chi connectivity index (χ1) is 13.9. The predicted molar refractivity (Wildman–Crippen MR) is 105 cm³/mol. The maximum absolute atomic E-state index is 12.1. The maximum Gasteiger partial charge on any atom is 0.252 e. The van der Waals surface area contributed by atoms with E-state index in [0.29, 0.717) is 23.6 Å². The second kappa shape index (κ2) is 7.51. The number of fused-ring (bicyclic) bond motifs is 2. The average molecular weight is 399 g/mol. The molecule has 0 radical (unpaired) electrons. The summed E-state index contributed by atoms with van der Waals surface area (Å²) in [6.07, 6.45) is 3.49. The molecular weight excluding hydrogens is 374 g/mol. The van der Waals surface area contributed by atoms with Crippen molar-refractivity contribution < 1.29 is 23.9 Å². The molecule has 2 aromatic rings.